The van der Waals surface area contributed by atoms with Crippen molar-refractivity contribution in [3.05, 3.63) is 39.7 Å². The third-order valence-corrected chi connectivity index (χ3v) is 9.25. The lowest BCUT2D eigenvalue weighted by molar-refractivity contribution is -0.127. The highest BCUT2D eigenvalue weighted by atomic mass is 35.5. The average molecular weight is 740 g/mol. The Morgan fingerprint density at radius 1 is 0.812 bits per heavy atom. The number of carbonyl (C=O) groups is 1. The molecule has 0 radical (unpaired) electrons. The summed E-state index contributed by atoms with van der Waals surface area (Å²) in [6.07, 6.45) is -4.31. The van der Waals surface area contributed by atoms with Crippen molar-refractivity contribution >= 4 is 66.6 Å². The molecule has 0 aromatic carbocycles. The Morgan fingerprint density at radius 2 is 1.33 bits per heavy atom. The molecular formula is C30H36ClF6N7O2S2. The summed E-state index contributed by atoms with van der Waals surface area (Å²) in [6.45, 7) is 10.7. The number of carbonyl (C=O) groups excluding carboxylic acids is 1. The molecule has 0 unspecified atom stereocenters. The molecule has 9 nitrogen and oxygen atoms in total. The predicted octanol–water partition coefficient (Wildman–Crippen LogP) is 8.06. The molecule has 4 aromatic rings. The van der Waals surface area contributed by atoms with E-state index in [0.29, 0.717) is 15.0 Å². The molecule has 1 amide bonds. The monoisotopic (exact) mass is 739 g/mol. The van der Waals surface area contributed by atoms with Crippen LogP contribution in [0.15, 0.2) is 24.8 Å². The van der Waals surface area contributed by atoms with Crippen molar-refractivity contribution in [1.82, 2.24) is 30.2 Å². The predicted molar refractivity (Wildman–Crippen MR) is 176 cm³/mol. The molecule has 0 spiro atoms. The van der Waals surface area contributed by atoms with E-state index in [9.17, 15) is 31.1 Å². The summed E-state index contributed by atoms with van der Waals surface area (Å²) in [7, 11) is 0. The van der Waals surface area contributed by atoms with Crippen LogP contribution >= 0.6 is 34.3 Å². The van der Waals surface area contributed by atoms with E-state index in [0.717, 1.165) is 86.0 Å². The lowest BCUT2D eigenvalue weighted by Crippen LogP contribution is -2.43. The zero-order valence-electron chi connectivity index (χ0n) is 26.5. The van der Waals surface area contributed by atoms with Crippen LogP contribution < -0.4 is 10.2 Å². The van der Waals surface area contributed by atoms with E-state index in [1.165, 1.54) is 25.1 Å². The number of piperidine rings is 1. The van der Waals surface area contributed by atoms with Crippen LogP contribution in [0.4, 0.5) is 37.0 Å². The fourth-order valence-electron chi connectivity index (χ4n) is 4.87. The molecule has 2 aliphatic rings. The molecule has 48 heavy (non-hydrogen) atoms. The maximum absolute atomic E-state index is 12.5. The number of nitrogens with zero attached hydrogens (tertiary/aromatic N) is 6. The van der Waals surface area contributed by atoms with Crippen LogP contribution in [-0.4, -0.2) is 88.2 Å². The molecule has 4 aromatic heterocycles. The molecule has 2 aliphatic heterocycles. The van der Waals surface area contributed by atoms with Gasteiger partial charge in [-0.15, -0.1) is 22.7 Å². The quantitative estimate of drug-likeness (QED) is 0.167. The zero-order valence-corrected chi connectivity index (χ0v) is 28.9. The van der Waals surface area contributed by atoms with Gasteiger partial charge in [0.2, 0.25) is 0 Å². The third-order valence-electron chi connectivity index (χ3n) is 6.86. The molecule has 2 saturated heterocycles. The van der Waals surface area contributed by atoms with Crippen molar-refractivity contribution in [1.29, 1.82) is 0 Å². The Balaban J connectivity index is 0.000000167. The topological polar surface area (TPSA) is 96.4 Å². The van der Waals surface area contributed by atoms with Gasteiger partial charge in [-0.05, 0) is 52.2 Å². The number of nitrogens with one attached hydrogen (secondary N) is 1. The summed E-state index contributed by atoms with van der Waals surface area (Å²) in [6, 6.07) is 2.96. The minimum atomic E-state index is -4.21. The maximum atomic E-state index is 12.5. The number of piperazine rings is 1. The minimum Gasteiger partial charge on any atom is -0.444 e. The van der Waals surface area contributed by atoms with Gasteiger partial charge in [-0.2, -0.15) is 26.3 Å². The van der Waals surface area contributed by atoms with E-state index in [-0.39, 0.29) is 26.6 Å². The zero-order chi connectivity index (χ0) is 35.1. The Bertz CT molecular complexity index is 1650. The highest BCUT2D eigenvalue weighted by Gasteiger charge is 2.30. The van der Waals surface area contributed by atoms with Crippen molar-refractivity contribution in [3.8, 4) is 0 Å². The van der Waals surface area contributed by atoms with E-state index in [4.69, 9.17) is 16.3 Å². The van der Waals surface area contributed by atoms with Crippen LogP contribution in [0.1, 0.15) is 49.8 Å². The minimum absolute atomic E-state index is 0.160. The standard InChI is InChI=1S/C12H13F3N4S.C10H19NO2.C8H4ClF3N2S/c13-12(14,15)6-8-5-9-10(17-7-18-11(9)20-8)19-3-1-16-2-4-19;1-10(2,3)13-9(12)11-7-5-4-6-8-11;9-6-5-1-4(2-8(10,11)12)15-7(5)14-3-13-6/h5,7,16H,1-4,6H2;4-8H2,1-3H3;1,3H,2H2. The first kappa shape index (κ1) is 37.8. The molecule has 2 fully saturated rings. The second-order valence-corrected chi connectivity index (χ2v) is 14.7. The first-order valence-corrected chi connectivity index (χ1v) is 17.2. The van der Waals surface area contributed by atoms with Crippen LogP contribution in [0.25, 0.3) is 20.4 Å². The number of alkyl halides is 6. The number of rotatable bonds is 3. The third kappa shape index (κ3) is 11.8. The Morgan fingerprint density at radius 3 is 1.85 bits per heavy atom. The largest absolute Gasteiger partial charge is 0.444 e. The average Bonchev–Trinajstić information content (AvgIpc) is 3.59. The van der Waals surface area contributed by atoms with E-state index in [1.807, 2.05) is 20.8 Å². The number of hydrogen-bond donors (Lipinski definition) is 1. The molecule has 0 aliphatic carbocycles. The van der Waals surface area contributed by atoms with Gasteiger partial charge in [0.05, 0.1) is 18.2 Å². The van der Waals surface area contributed by atoms with Gasteiger partial charge in [0.1, 0.15) is 38.9 Å². The van der Waals surface area contributed by atoms with Crippen molar-refractivity contribution in [2.75, 3.05) is 44.2 Å². The smallest absolute Gasteiger partial charge is 0.410 e. The van der Waals surface area contributed by atoms with E-state index in [2.05, 4.69) is 30.2 Å². The molecule has 264 valence electrons. The van der Waals surface area contributed by atoms with E-state index < -0.39 is 25.2 Å². The number of halogens is 7. The second kappa shape index (κ2) is 16.1. The second-order valence-electron chi connectivity index (χ2n) is 12.1. The Kier molecular flexibility index (Phi) is 12.7. The molecule has 1 N–H and O–H groups in total. The number of aromatic nitrogens is 4. The first-order chi connectivity index (χ1) is 22.5. The number of hydrogen-bond acceptors (Lipinski definition) is 10. The normalized spacial score (nSPS) is 15.9. The van der Waals surface area contributed by atoms with Gasteiger partial charge in [-0.1, -0.05) is 11.6 Å². The molecule has 6 rings (SSSR count). The lowest BCUT2D eigenvalue weighted by atomic mass is 10.1. The molecular weight excluding hydrogens is 704 g/mol. The number of thiophene rings is 2. The van der Waals surface area contributed by atoms with Gasteiger partial charge < -0.3 is 19.9 Å². The number of ether oxygens (including phenoxy) is 1. The molecule has 0 saturated carbocycles. The SMILES string of the molecule is CC(C)(C)OC(=O)N1CCCCC1.FC(F)(F)Cc1cc2c(Cl)ncnc2s1.FC(F)(F)Cc1cc2c(N3CCNCC3)ncnc2s1. The summed E-state index contributed by atoms with van der Waals surface area (Å²) >= 11 is 7.79. The van der Waals surface area contributed by atoms with Crippen LogP contribution in [0.2, 0.25) is 5.15 Å². The van der Waals surface area contributed by atoms with Crippen LogP contribution in [-0.2, 0) is 17.6 Å². The molecule has 0 atom stereocenters. The fourth-order valence-corrected chi connectivity index (χ4v) is 7.16. The van der Waals surface area contributed by atoms with Gasteiger partial charge in [0.15, 0.2) is 0 Å². The van der Waals surface area contributed by atoms with Crippen LogP contribution in [0, 0.1) is 0 Å². The molecule has 6 heterocycles. The number of fused-ring (bicyclic) bond motifs is 2. The lowest BCUT2D eigenvalue weighted by Gasteiger charge is -2.29. The molecule has 0 bridgehead atoms. The van der Waals surface area contributed by atoms with Gasteiger partial charge in [0, 0.05) is 54.4 Å². The van der Waals surface area contributed by atoms with Gasteiger partial charge >= 0.3 is 18.4 Å². The highest BCUT2D eigenvalue weighted by Crippen LogP contribution is 2.34. The van der Waals surface area contributed by atoms with Gasteiger partial charge in [-0.3, -0.25) is 0 Å². The number of likely N-dealkylation sites (tertiary alicyclic amines) is 1. The Hall–Kier alpha value is -3.02. The first-order valence-electron chi connectivity index (χ1n) is 15.2. The van der Waals surface area contributed by atoms with Gasteiger partial charge in [0.25, 0.3) is 0 Å². The van der Waals surface area contributed by atoms with Gasteiger partial charge in [-0.25, -0.2) is 24.7 Å². The summed E-state index contributed by atoms with van der Waals surface area (Å²) in [5.41, 5.74) is -0.367. The fraction of sp³-hybridized carbons (Fsp3) is 0.567. The van der Waals surface area contributed by atoms with Crippen molar-refractivity contribution < 1.29 is 35.9 Å². The number of amides is 1. The van der Waals surface area contributed by atoms with Crippen LogP contribution in [0.5, 0.6) is 0 Å². The summed E-state index contributed by atoms with van der Waals surface area (Å²) < 4.78 is 79.0. The van der Waals surface area contributed by atoms with E-state index >= 15 is 0 Å². The number of anilines is 1. The van der Waals surface area contributed by atoms with E-state index in [1.54, 1.807) is 11.0 Å². The summed E-state index contributed by atoms with van der Waals surface area (Å²) in [5.74, 6) is 0.737. The summed E-state index contributed by atoms with van der Waals surface area (Å²) in [4.78, 5) is 32.9. The van der Waals surface area contributed by atoms with Crippen molar-refractivity contribution in [2.45, 2.75) is 70.8 Å². The van der Waals surface area contributed by atoms with Crippen LogP contribution in [0.3, 0.4) is 0 Å². The van der Waals surface area contributed by atoms with Crippen molar-refractivity contribution in [2.24, 2.45) is 0 Å². The summed E-state index contributed by atoms with van der Waals surface area (Å²) in [5, 5.41) is 4.62. The van der Waals surface area contributed by atoms with Crippen molar-refractivity contribution in [3.63, 3.8) is 0 Å². The Labute approximate surface area is 286 Å². The highest BCUT2D eigenvalue weighted by molar-refractivity contribution is 7.19. The molecule has 18 heteroatoms. The maximum Gasteiger partial charge on any atom is 0.410 e.